The normalized spacial score (nSPS) is 29.3. The molecule has 1 saturated carbocycles. The fraction of sp³-hybridized carbons (Fsp3) is 0.588. The van der Waals surface area contributed by atoms with Crippen LogP contribution >= 0.6 is 0 Å². The number of carbonyl (C=O) groups is 1. The van der Waals surface area contributed by atoms with Crippen molar-refractivity contribution in [3.05, 3.63) is 35.6 Å². The molecule has 1 aliphatic heterocycles. The Morgan fingerprint density at radius 1 is 1.25 bits per heavy atom. The summed E-state index contributed by atoms with van der Waals surface area (Å²) in [5.41, 5.74) is 0.905. The van der Waals surface area contributed by atoms with E-state index in [0.717, 1.165) is 18.4 Å². The van der Waals surface area contributed by atoms with E-state index < -0.39 is 0 Å². The SMILES string of the molecule is CC1CC2CCCCC2N1C(=O)Cc1ccc(F)cc1. The quantitative estimate of drug-likeness (QED) is 0.808. The third-order valence-corrected chi connectivity index (χ3v) is 4.90. The zero-order chi connectivity index (χ0) is 14.1. The van der Waals surface area contributed by atoms with Gasteiger partial charge in [0.15, 0.2) is 0 Å². The summed E-state index contributed by atoms with van der Waals surface area (Å²) in [4.78, 5) is 14.7. The fourth-order valence-electron chi connectivity index (χ4n) is 4.01. The minimum Gasteiger partial charge on any atom is -0.336 e. The molecular formula is C17H22FNO. The van der Waals surface area contributed by atoms with Gasteiger partial charge in [0.25, 0.3) is 0 Å². The monoisotopic (exact) mass is 275 g/mol. The number of hydrogen-bond acceptors (Lipinski definition) is 1. The van der Waals surface area contributed by atoms with E-state index in [1.807, 2.05) is 0 Å². The van der Waals surface area contributed by atoms with E-state index in [1.165, 1.54) is 31.4 Å². The molecule has 1 aromatic rings. The molecule has 2 aliphatic rings. The fourth-order valence-corrected chi connectivity index (χ4v) is 4.01. The summed E-state index contributed by atoms with van der Waals surface area (Å²) in [5.74, 6) is 0.664. The van der Waals surface area contributed by atoms with Crippen molar-refractivity contribution in [3.8, 4) is 0 Å². The molecule has 0 radical (unpaired) electrons. The second-order valence-electron chi connectivity index (χ2n) is 6.30. The lowest BCUT2D eigenvalue weighted by Crippen LogP contribution is -2.43. The predicted molar refractivity (Wildman–Crippen MR) is 76.8 cm³/mol. The van der Waals surface area contributed by atoms with Crippen LogP contribution in [-0.4, -0.2) is 22.9 Å². The van der Waals surface area contributed by atoms with Gasteiger partial charge in [0.1, 0.15) is 5.82 Å². The first kappa shape index (κ1) is 13.6. The molecule has 108 valence electrons. The van der Waals surface area contributed by atoms with Crippen LogP contribution < -0.4 is 0 Å². The Labute approximate surface area is 120 Å². The Morgan fingerprint density at radius 2 is 1.95 bits per heavy atom. The van der Waals surface area contributed by atoms with E-state index in [1.54, 1.807) is 12.1 Å². The van der Waals surface area contributed by atoms with E-state index in [2.05, 4.69) is 11.8 Å². The molecule has 20 heavy (non-hydrogen) atoms. The van der Waals surface area contributed by atoms with Gasteiger partial charge in [-0.3, -0.25) is 4.79 Å². The van der Waals surface area contributed by atoms with Crippen molar-refractivity contribution in [2.45, 2.75) is 57.5 Å². The van der Waals surface area contributed by atoms with Crippen molar-refractivity contribution >= 4 is 5.91 Å². The van der Waals surface area contributed by atoms with Gasteiger partial charge in [0, 0.05) is 12.1 Å². The lowest BCUT2D eigenvalue weighted by molar-refractivity contribution is -0.133. The highest BCUT2D eigenvalue weighted by Crippen LogP contribution is 2.39. The van der Waals surface area contributed by atoms with Gasteiger partial charge < -0.3 is 4.90 Å². The Balaban J connectivity index is 1.71. The third-order valence-electron chi connectivity index (χ3n) is 4.90. The van der Waals surface area contributed by atoms with Crippen molar-refractivity contribution in [2.75, 3.05) is 0 Å². The number of amides is 1. The van der Waals surface area contributed by atoms with Crippen molar-refractivity contribution in [1.29, 1.82) is 0 Å². The van der Waals surface area contributed by atoms with Crippen molar-refractivity contribution < 1.29 is 9.18 Å². The maximum Gasteiger partial charge on any atom is 0.227 e. The highest BCUT2D eigenvalue weighted by atomic mass is 19.1. The smallest absolute Gasteiger partial charge is 0.227 e. The first-order valence-corrected chi connectivity index (χ1v) is 7.71. The molecule has 3 unspecified atom stereocenters. The molecule has 1 amide bonds. The number of halogens is 1. The predicted octanol–water partition coefficient (Wildman–Crippen LogP) is 3.55. The van der Waals surface area contributed by atoms with Gasteiger partial charge in [0.2, 0.25) is 5.91 Å². The Bertz CT molecular complexity index is 484. The first-order valence-electron chi connectivity index (χ1n) is 7.71. The molecular weight excluding hydrogens is 253 g/mol. The van der Waals surface area contributed by atoms with Crippen molar-refractivity contribution in [1.82, 2.24) is 4.90 Å². The number of benzene rings is 1. The van der Waals surface area contributed by atoms with Crippen molar-refractivity contribution in [2.24, 2.45) is 5.92 Å². The molecule has 1 heterocycles. The molecule has 0 N–H and O–H groups in total. The lowest BCUT2D eigenvalue weighted by atomic mass is 9.85. The summed E-state index contributed by atoms with van der Waals surface area (Å²) in [6, 6.07) is 7.10. The van der Waals surface area contributed by atoms with Crippen LogP contribution in [0.3, 0.4) is 0 Å². The van der Waals surface area contributed by atoms with Gasteiger partial charge in [-0.05, 0) is 49.8 Å². The Hall–Kier alpha value is -1.38. The standard InChI is InChI=1S/C17H22FNO/c1-12-10-14-4-2-3-5-16(14)19(12)17(20)11-13-6-8-15(18)9-7-13/h6-9,12,14,16H,2-5,10-11H2,1H3. The van der Waals surface area contributed by atoms with Crippen LogP contribution in [0.2, 0.25) is 0 Å². The van der Waals surface area contributed by atoms with Crippen LogP contribution in [0.25, 0.3) is 0 Å². The summed E-state index contributed by atoms with van der Waals surface area (Å²) in [6.45, 7) is 2.17. The summed E-state index contributed by atoms with van der Waals surface area (Å²) >= 11 is 0. The van der Waals surface area contributed by atoms with Gasteiger partial charge in [-0.1, -0.05) is 25.0 Å². The van der Waals surface area contributed by atoms with Crippen LogP contribution in [-0.2, 0) is 11.2 Å². The van der Waals surface area contributed by atoms with Gasteiger partial charge in [-0.25, -0.2) is 4.39 Å². The molecule has 3 atom stereocenters. The molecule has 2 nitrogen and oxygen atoms in total. The molecule has 3 heteroatoms. The zero-order valence-electron chi connectivity index (χ0n) is 12.0. The lowest BCUT2D eigenvalue weighted by Gasteiger charge is -2.33. The van der Waals surface area contributed by atoms with Crippen LogP contribution in [0.15, 0.2) is 24.3 Å². The number of hydrogen-bond donors (Lipinski definition) is 0. The highest BCUT2D eigenvalue weighted by molar-refractivity contribution is 5.79. The second kappa shape index (κ2) is 5.55. The van der Waals surface area contributed by atoms with Crippen LogP contribution in [0.4, 0.5) is 4.39 Å². The Morgan fingerprint density at radius 3 is 2.70 bits per heavy atom. The number of rotatable bonds is 2. The molecule has 0 aromatic heterocycles. The summed E-state index contributed by atoms with van der Waals surface area (Å²) in [7, 11) is 0. The Kier molecular flexibility index (Phi) is 3.77. The third kappa shape index (κ3) is 2.58. The zero-order valence-corrected chi connectivity index (χ0v) is 12.0. The largest absolute Gasteiger partial charge is 0.336 e. The van der Waals surface area contributed by atoms with Crippen LogP contribution in [0.5, 0.6) is 0 Å². The molecule has 1 saturated heterocycles. The van der Waals surface area contributed by atoms with E-state index >= 15 is 0 Å². The van der Waals surface area contributed by atoms with Crippen LogP contribution in [0, 0.1) is 11.7 Å². The average Bonchev–Trinajstić information content (AvgIpc) is 2.77. The topological polar surface area (TPSA) is 20.3 Å². The maximum absolute atomic E-state index is 12.9. The first-order chi connectivity index (χ1) is 9.65. The van der Waals surface area contributed by atoms with Gasteiger partial charge in [-0.15, -0.1) is 0 Å². The second-order valence-corrected chi connectivity index (χ2v) is 6.30. The number of nitrogens with zero attached hydrogens (tertiary/aromatic N) is 1. The maximum atomic E-state index is 12.9. The molecule has 3 rings (SSSR count). The highest BCUT2D eigenvalue weighted by Gasteiger charge is 2.42. The van der Waals surface area contributed by atoms with Crippen LogP contribution in [0.1, 0.15) is 44.6 Å². The summed E-state index contributed by atoms with van der Waals surface area (Å²) in [6.07, 6.45) is 6.54. The number of likely N-dealkylation sites (tertiary alicyclic amines) is 1. The van der Waals surface area contributed by atoms with E-state index in [9.17, 15) is 9.18 Å². The minimum atomic E-state index is -0.247. The molecule has 0 bridgehead atoms. The molecule has 0 spiro atoms. The van der Waals surface area contributed by atoms with Gasteiger partial charge >= 0.3 is 0 Å². The number of carbonyl (C=O) groups excluding carboxylic acids is 1. The van der Waals surface area contributed by atoms with E-state index in [0.29, 0.717) is 24.4 Å². The molecule has 2 fully saturated rings. The average molecular weight is 275 g/mol. The van der Waals surface area contributed by atoms with E-state index in [-0.39, 0.29) is 11.7 Å². The summed E-state index contributed by atoms with van der Waals surface area (Å²) < 4.78 is 12.9. The van der Waals surface area contributed by atoms with Crippen molar-refractivity contribution in [3.63, 3.8) is 0 Å². The summed E-state index contributed by atoms with van der Waals surface area (Å²) in [5, 5.41) is 0. The molecule has 1 aliphatic carbocycles. The minimum absolute atomic E-state index is 0.207. The molecule has 1 aromatic carbocycles. The van der Waals surface area contributed by atoms with Gasteiger partial charge in [0.05, 0.1) is 6.42 Å². The van der Waals surface area contributed by atoms with E-state index in [4.69, 9.17) is 0 Å². The number of fused-ring (bicyclic) bond motifs is 1. The van der Waals surface area contributed by atoms with Gasteiger partial charge in [-0.2, -0.15) is 0 Å².